The van der Waals surface area contributed by atoms with Crippen LogP contribution in [0.5, 0.6) is 0 Å². The van der Waals surface area contributed by atoms with Gasteiger partial charge in [0.25, 0.3) is 10.0 Å². The summed E-state index contributed by atoms with van der Waals surface area (Å²) in [6.07, 6.45) is 0. The van der Waals surface area contributed by atoms with E-state index in [1.165, 1.54) is 11.3 Å². The summed E-state index contributed by atoms with van der Waals surface area (Å²) < 4.78 is 26.9. The Labute approximate surface area is 114 Å². The Morgan fingerprint density at radius 2 is 2.00 bits per heavy atom. The Balaban J connectivity index is 2.40. The Kier molecular flexibility index (Phi) is 3.52. The minimum atomic E-state index is -3.63. The number of hydrogen-bond donors (Lipinski definition) is 2. The number of benzene rings is 1. The highest BCUT2D eigenvalue weighted by molar-refractivity contribution is 7.94. The molecule has 0 saturated carbocycles. The molecule has 2 rings (SSSR count). The van der Waals surface area contributed by atoms with Crippen LogP contribution < -0.4 is 10.5 Å². The molecule has 2 aromatic rings. The number of thiophene rings is 1. The predicted molar refractivity (Wildman–Crippen MR) is 75.7 cm³/mol. The van der Waals surface area contributed by atoms with Crippen LogP contribution >= 0.6 is 22.9 Å². The molecule has 4 nitrogen and oxygen atoms in total. The zero-order valence-electron chi connectivity index (χ0n) is 9.48. The van der Waals surface area contributed by atoms with E-state index < -0.39 is 10.0 Å². The summed E-state index contributed by atoms with van der Waals surface area (Å²) in [5.74, 6) is 0. The van der Waals surface area contributed by atoms with E-state index in [2.05, 4.69) is 4.72 Å². The molecular formula is C11H11ClN2O2S2. The van der Waals surface area contributed by atoms with Gasteiger partial charge in [-0.15, -0.1) is 11.3 Å². The minimum absolute atomic E-state index is 0.213. The first-order valence-electron chi connectivity index (χ1n) is 5.03. The van der Waals surface area contributed by atoms with E-state index in [-0.39, 0.29) is 14.9 Å². The molecule has 0 atom stereocenters. The quantitative estimate of drug-likeness (QED) is 0.856. The van der Waals surface area contributed by atoms with Crippen molar-refractivity contribution in [3.05, 3.63) is 40.2 Å². The van der Waals surface area contributed by atoms with Crippen LogP contribution in [0.2, 0.25) is 5.02 Å². The van der Waals surface area contributed by atoms with Gasteiger partial charge in [0.05, 0.1) is 16.4 Å². The number of para-hydroxylation sites is 1. The molecule has 1 heterocycles. The molecule has 0 bridgehead atoms. The van der Waals surface area contributed by atoms with Crippen LogP contribution in [0.25, 0.3) is 0 Å². The van der Waals surface area contributed by atoms with E-state index in [1.807, 2.05) is 6.92 Å². The summed E-state index contributed by atoms with van der Waals surface area (Å²) in [5.41, 5.74) is 6.21. The molecule has 0 amide bonds. The van der Waals surface area contributed by atoms with Crippen LogP contribution in [-0.4, -0.2) is 8.42 Å². The number of nitrogens with two attached hydrogens (primary N) is 1. The van der Waals surface area contributed by atoms with E-state index in [9.17, 15) is 8.42 Å². The second-order valence-corrected chi connectivity index (χ2v) is 7.28. The van der Waals surface area contributed by atoms with Crippen LogP contribution in [-0.2, 0) is 10.0 Å². The average molecular weight is 303 g/mol. The first-order chi connectivity index (χ1) is 8.40. The third-order valence-corrected chi connectivity index (χ3v) is 5.42. The minimum Gasteiger partial charge on any atom is -0.397 e. The summed E-state index contributed by atoms with van der Waals surface area (Å²) >= 11 is 7.12. The van der Waals surface area contributed by atoms with Gasteiger partial charge in [-0.2, -0.15) is 0 Å². The molecule has 0 aliphatic rings. The third kappa shape index (κ3) is 2.60. The molecule has 7 heteroatoms. The van der Waals surface area contributed by atoms with Crippen molar-refractivity contribution >= 4 is 44.3 Å². The average Bonchev–Trinajstić information content (AvgIpc) is 2.71. The molecule has 1 aromatic heterocycles. The van der Waals surface area contributed by atoms with Gasteiger partial charge in [-0.25, -0.2) is 8.42 Å². The Morgan fingerprint density at radius 1 is 1.28 bits per heavy atom. The lowest BCUT2D eigenvalue weighted by molar-refractivity contribution is 0.603. The number of hydrogen-bond acceptors (Lipinski definition) is 4. The normalized spacial score (nSPS) is 11.4. The Morgan fingerprint density at radius 3 is 2.56 bits per heavy atom. The molecule has 96 valence electrons. The topological polar surface area (TPSA) is 72.2 Å². The maximum atomic E-state index is 12.1. The van der Waals surface area contributed by atoms with Crippen molar-refractivity contribution in [3.63, 3.8) is 0 Å². The van der Waals surface area contributed by atoms with Crippen molar-refractivity contribution in [1.29, 1.82) is 0 Å². The molecule has 0 spiro atoms. The summed E-state index contributed by atoms with van der Waals surface area (Å²) in [6, 6.07) is 8.12. The number of halogens is 1. The Hall–Kier alpha value is -1.24. The van der Waals surface area contributed by atoms with Crippen molar-refractivity contribution in [2.45, 2.75) is 11.1 Å². The standard InChI is InChI=1S/C11H11ClN2O2S2/c1-7-5-6-10(17-7)18(15,16)14-11-8(12)3-2-4-9(11)13/h2-6,14H,13H2,1H3. The van der Waals surface area contributed by atoms with E-state index in [0.29, 0.717) is 5.69 Å². The van der Waals surface area contributed by atoms with Crippen molar-refractivity contribution < 1.29 is 8.42 Å². The maximum Gasteiger partial charge on any atom is 0.271 e. The molecule has 0 aliphatic heterocycles. The van der Waals surface area contributed by atoms with Crippen LogP contribution in [0.15, 0.2) is 34.5 Å². The highest BCUT2D eigenvalue weighted by Gasteiger charge is 2.18. The first kappa shape index (κ1) is 13.2. The van der Waals surface area contributed by atoms with Crippen LogP contribution in [0.4, 0.5) is 11.4 Å². The third-order valence-electron chi connectivity index (χ3n) is 2.26. The number of nitrogens with one attached hydrogen (secondary N) is 1. The fraction of sp³-hybridized carbons (Fsp3) is 0.0909. The van der Waals surface area contributed by atoms with Gasteiger partial charge in [0.2, 0.25) is 0 Å². The highest BCUT2D eigenvalue weighted by Crippen LogP contribution is 2.31. The van der Waals surface area contributed by atoms with Gasteiger partial charge in [0, 0.05) is 4.88 Å². The Bertz CT molecular complexity index is 660. The fourth-order valence-electron chi connectivity index (χ4n) is 1.39. The number of nitrogen functional groups attached to an aromatic ring is 1. The molecule has 0 aliphatic carbocycles. The van der Waals surface area contributed by atoms with Gasteiger partial charge in [-0.3, -0.25) is 4.72 Å². The van der Waals surface area contributed by atoms with Crippen molar-refractivity contribution in [2.75, 3.05) is 10.5 Å². The van der Waals surface area contributed by atoms with Gasteiger partial charge in [-0.1, -0.05) is 17.7 Å². The number of anilines is 2. The molecular weight excluding hydrogens is 292 g/mol. The van der Waals surface area contributed by atoms with Gasteiger partial charge in [-0.05, 0) is 31.2 Å². The van der Waals surface area contributed by atoms with E-state index in [1.54, 1.807) is 30.3 Å². The molecule has 0 radical (unpaired) electrons. The van der Waals surface area contributed by atoms with Gasteiger partial charge >= 0.3 is 0 Å². The van der Waals surface area contributed by atoms with E-state index >= 15 is 0 Å². The van der Waals surface area contributed by atoms with Crippen LogP contribution in [0, 0.1) is 6.92 Å². The zero-order chi connectivity index (χ0) is 13.3. The van der Waals surface area contributed by atoms with Gasteiger partial charge in [0.1, 0.15) is 4.21 Å². The summed E-state index contributed by atoms with van der Waals surface area (Å²) in [7, 11) is -3.63. The van der Waals surface area contributed by atoms with E-state index in [4.69, 9.17) is 17.3 Å². The second-order valence-electron chi connectivity index (χ2n) is 3.67. The summed E-state index contributed by atoms with van der Waals surface area (Å²) in [5, 5.41) is 0.270. The summed E-state index contributed by atoms with van der Waals surface area (Å²) in [4.78, 5) is 0.919. The predicted octanol–water partition coefficient (Wildman–Crippen LogP) is 3.09. The smallest absolute Gasteiger partial charge is 0.271 e. The lowest BCUT2D eigenvalue weighted by Crippen LogP contribution is -2.13. The fourth-order valence-corrected chi connectivity index (χ4v) is 4.07. The molecule has 0 fully saturated rings. The molecule has 0 saturated heterocycles. The van der Waals surface area contributed by atoms with Gasteiger partial charge < -0.3 is 5.73 Å². The molecule has 3 N–H and O–H groups in total. The second kappa shape index (κ2) is 4.79. The highest BCUT2D eigenvalue weighted by atomic mass is 35.5. The van der Waals surface area contributed by atoms with Crippen LogP contribution in [0.1, 0.15) is 4.88 Å². The number of rotatable bonds is 3. The monoisotopic (exact) mass is 302 g/mol. The van der Waals surface area contributed by atoms with Crippen molar-refractivity contribution in [1.82, 2.24) is 0 Å². The van der Waals surface area contributed by atoms with Crippen molar-refractivity contribution in [3.8, 4) is 0 Å². The number of aryl methyl sites for hydroxylation is 1. The van der Waals surface area contributed by atoms with Crippen LogP contribution in [0.3, 0.4) is 0 Å². The molecule has 1 aromatic carbocycles. The summed E-state index contributed by atoms with van der Waals surface area (Å²) in [6.45, 7) is 1.84. The SMILES string of the molecule is Cc1ccc(S(=O)(=O)Nc2c(N)cccc2Cl)s1. The lowest BCUT2D eigenvalue weighted by Gasteiger charge is -2.10. The number of sulfonamides is 1. The first-order valence-corrected chi connectivity index (χ1v) is 7.71. The van der Waals surface area contributed by atoms with E-state index in [0.717, 1.165) is 4.88 Å². The molecule has 18 heavy (non-hydrogen) atoms. The largest absolute Gasteiger partial charge is 0.397 e. The van der Waals surface area contributed by atoms with Crippen molar-refractivity contribution in [2.24, 2.45) is 0 Å². The maximum absolute atomic E-state index is 12.1. The zero-order valence-corrected chi connectivity index (χ0v) is 11.9. The molecule has 0 unspecified atom stereocenters. The lowest BCUT2D eigenvalue weighted by atomic mass is 10.3. The van der Waals surface area contributed by atoms with Gasteiger partial charge in [0.15, 0.2) is 0 Å².